The van der Waals surface area contributed by atoms with Gasteiger partial charge in [-0.1, -0.05) is 168 Å². The molecule has 1 atom stereocenters. The van der Waals surface area contributed by atoms with E-state index in [2.05, 4.69) is 13.8 Å². The zero-order chi connectivity index (χ0) is 30.3. The van der Waals surface area contributed by atoms with Gasteiger partial charge in [0, 0.05) is 16.0 Å². The molecule has 0 saturated heterocycles. The van der Waals surface area contributed by atoms with Crippen LogP contribution in [0.25, 0.3) is 0 Å². The molecule has 0 aromatic carbocycles. The number of esters is 1. The molecule has 0 aromatic heterocycles. The summed E-state index contributed by atoms with van der Waals surface area (Å²) < 4.78 is 62.4. The van der Waals surface area contributed by atoms with Gasteiger partial charge in [0.15, 0.2) is 0 Å². The predicted octanol–water partition coefficient (Wildman–Crippen LogP) is 11.1. The fourth-order valence-electron chi connectivity index (χ4n) is 4.09. The van der Waals surface area contributed by atoms with Crippen LogP contribution in [0.15, 0.2) is 0 Å². The van der Waals surface area contributed by atoms with Gasteiger partial charge in [0.1, 0.15) is 0 Å². The summed E-state index contributed by atoms with van der Waals surface area (Å²) in [5.41, 5.74) is 0. The van der Waals surface area contributed by atoms with Crippen LogP contribution in [-0.4, -0.2) is 12.6 Å². The molecule has 0 aliphatic heterocycles. The molecule has 2 heteroatoms. The molecule has 0 aliphatic rings. The van der Waals surface area contributed by atoms with Crippen LogP contribution in [0.4, 0.5) is 0 Å². The van der Waals surface area contributed by atoms with Crippen LogP contribution < -0.4 is 0 Å². The number of hydrogen-bond donors (Lipinski definition) is 0. The third-order valence-electron chi connectivity index (χ3n) is 6.27. The van der Waals surface area contributed by atoms with Gasteiger partial charge in [0.2, 0.25) is 0 Å². The van der Waals surface area contributed by atoms with Crippen LogP contribution in [-0.2, 0) is 9.53 Å². The van der Waals surface area contributed by atoms with E-state index in [4.69, 9.17) is 14.3 Å². The molecule has 0 aliphatic carbocycles. The molecule has 0 heterocycles. The smallest absolute Gasteiger partial charge is 0.305 e. The Morgan fingerprint density at radius 3 is 1.30 bits per heavy atom. The number of carbonyl (C=O) groups excluding carboxylic acids is 1. The molecular weight excluding hydrogens is 404 g/mol. The van der Waals surface area contributed by atoms with E-state index in [0.717, 1.165) is 38.5 Å². The molecule has 0 aromatic rings. The first-order valence-corrected chi connectivity index (χ1v) is 14.6. The molecule has 0 saturated carbocycles. The van der Waals surface area contributed by atoms with E-state index in [0.29, 0.717) is 12.8 Å². The molecule has 0 N–H and O–H groups in total. The molecule has 1 unspecified atom stereocenters. The van der Waals surface area contributed by atoms with Crippen LogP contribution in [0.5, 0.6) is 0 Å². The van der Waals surface area contributed by atoms with Crippen LogP contribution in [0.2, 0.25) is 0 Å². The van der Waals surface area contributed by atoms with E-state index >= 15 is 0 Å². The first kappa shape index (κ1) is 21.7. The second kappa shape index (κ2) is 29.5. The minimum absolute atomic E-state index is 0.00250. The summed E-state index contributed by atoms with van der Waals surface area (Å²) in [5.74, 6) is -1.38. The highest BCUT2D eigenvalue weighted by molar-refractivity contribution is 5.69. The minimum atomic E-state index is -3.18. The van der Waals surface area contributed by atoms with Gasteiger partial charge in [-0.25, -0.2) is 0 Å². The zero-order valence-electron chi connectivity index (χ0n) is 29.4. The molecule has 0 rings (SSSR count). The van der Waals surface area contributed by atoms with Gasteiger partial charge in [-0.3, -0.25) is 4.79 Å². The summed E-state index contributed by atoms with van der Waals surface area (Å²) in [4.78, 5) is 12.5. The van der Waals surface area contributed by atoms with Crippen molar-refractivity contribution >= 4 is 5.97 Å². The average Bonchev–Trinajstić information content (AvgIpc) is 2.91. The molecule has 0 amide bonds. The molecule has 0 radical (unpaired) electrons. The van der Waals surface area contributed by atoms with Crippen LogP contribution in [0.1, 0.15) is 197 Å². The fourth-order valence-corrected chi connectivity index (χ4v) is 4.09. The van der Waals surface area contributed by atoms with Gasteiger partial charge < -0.3 is 4.74 Å². The van der Waals surface area contributed by atoms with Crippen molar-refractivity contribution in [2.75, 3.05) is 6.61 Å². The first-order valence-electron chi connectivity index (χ1n) is 18.1. The molecule has 33 heavy (non-hydrogen) atoms. The Morgan fingerprint density at radius 1 is 0.515 bits per heavy atom. The van der Waals surface area contributed by atoms with Crippen LogP contribution in [0.3, 0.4) is 0 Å². The first-order chi connectivity index (χ1) is 19.0. The second-order valence-corrected chi connectivity index (χ2v) is 9.59. The maximum atomic E-state index is 12.5. The Bertz CT molecular complexity index is 614. The van der Waals surface area contributed by atoms with E-state index < -0.39 is 31.5 Å². The molecule has 0 spiro atoms. The van der Waals surface area contributed by atoms with E-state index in [9.17, 15) is 4.79 Å². The zero-order valence-corrected chi connectivity index (χ0v) is 22.4. The third kappa shape index (κ3) is 29.4. The largest absolute Gasteiger partial charge is 0.466 e. The number of unbranched alkanes of at least 4 members (excludes halogenated alkanes) is 20. The van der Waals surface area contributed by atoms with E-state index in [1.807, 2.05) is 0 Å². The van der Waals surface area contributed by atoms with Crippen molar-refractivity contribution < 1.29 is 19.1 Å². The van der Waals surface area contributed by atoms with Crippen molar-refractivity contribution in [3.05, 3.63) is 0 Å². The maximum absolute atomic E-state index is 12.5. The molecule has 0 fully saturated rings. The molecule has 2 nitrogen and oxygen atoms in total. The van der Waals surface area contributed by atoms with Gasteiger partial charge in [-0.05, 0) is 12.8 Å². The van der Waals surface area contributed by atoms with Crippen molar-refractivity contribution in [1.29, 1.82) is 0 Å². The summed E-state index contributed by atoms with van der Waals surface area (Å²) in [6.45, 7) is 4.43. The van der Waals surface area contributed by atoms with Crippen molar-refractivity contribution in [2.24, 2.45) is 0 Å². The van der Waals surface area contributed by atoms with E-state index in [1.165, 1.54) is 89.9 Å². The van der Waals surface area contributed by atoms with E-state index in [1.54, 1.807) is 0 Å². The lowest BCUT2D eigenvalue weighted by Gasteiger charge is -2.06. The lowest BCUT2D eigenvalue weighted by molar-refractivity contribution is -0.143. The Hall–Kier alpha value is -0.530. The summed E-state index contributed by atoms with van der Waals surface area (Å²) in [5, 5.41) is 0. The SMILES string of the molecule is [2H]C(CCCCCCCCCCCCC)C([2H])([2H])C([2H])([2H])C([2H])([2H])C(=O)OCCCCCCCCCCCCC. The normalized spacial score (nSPS) is 16.6. The molecule has 0 bridgehead atoms. The van der Waals surface area contributed by atoms with Gasteiger partial charge in [0.05, 0.1) is 6.61 Å². The number of ether oxygens (including phenoxy) is 1. The van der Waals surface area contributed by atoms with Crippen LogP contribution in [0, 0.1) is 0 Å². The maximum Gasteiger partial charge on any atom is 0.305 e. The van der Waals surface area contributed by atoms with Crippen molar-refractivity contribution in [1.82, 2.24) is 0 Å². The van der Waals surface area contributed by atoms with Gasteiger partial charge in [-0.15, -0.1) is 0 Å². The Morgan fingerprint density at radius 2 is 0.879 bits per heavy atom. The topological polar surface area (TPSA) is 26.3 Å². The highest BCUT2D eigenvalue weighted by atomic mass is 16.5. The fraction of sp³-hybridized carbons (Fsp3) is 0.968. The highest BCUT2D eigenvalue weighted by Gasteiger charge is 2.02. The standard InChI is InChI=1S/C31H62O2/c1-3-5-7-9-11-13-15-16-17-18-19-21-23-25-27-29-31(32)33-30-28-26-24-22-20-14-12-10-8-6-4-2/h3-30H2,1-2H3/i23D,25D2,27D2,29D2. The van der Waals surface area contributed by atoms with Gasteiger partial charge in [-0.2, -0.15) is 0 Å². The lowest BCUT2D eigenvalue weighted by Crippen LogP contribution is -2.05. The number of carbonyl (C=O) groups is 1. The van der Waals surface area contributed by atoms with Crippen LogP contribution >= 0.6 is 0 Å². The third-order valence-corrected chi connectivity index (χ3v) is 6.27. The van der Waals surface area contributed by atoms with Crippen molar-refractivity contribution in [2.45, 2.75) is 187 Å². The predicted molar refractivity (Wildman–Crippen MR) is 147 cm³/mol. The Balaban J connectivity index is 4.25. The number of rotatable bonds is 28. The monoisotopic (exact) mass is 474 g/mol. The lowest BCUT2D eigenvalue weighted by atomic mass is 10.0. The Labute approximate surface area is 219 Å². The van der Waals surface area contributed by atoms with Gasteiger partial charge >= 0.3 is 5.97 Å². The molecular formula is C31H62O2. The van der Waals surface area contributed by atoms with Gasteiger partial charge in [0.25, 0.3) is 0 Å². The number of hydrogen-bond acceptors (Lipinski definition) is 2. The average molecular weight is 474 g/mol. The minimum Gasteiger partial charge on any atom is -0.466 e. The summed E-state index contributed by atoms with van der Waals surface area (Å²) in [6, 6.07) is 0. The Kier molecular flexibility index (Phi) is 19.4. The van der Waals surface area contributed by atoms with Crippen molar-refractivity contribution in [3.8, 4) is 0 Å². The quantitative estimate of drug-likeness (QED) is 0.0834. The van der Waals surface area contributed by atoms with Crippen molar-refractivity contribution in [3.63, 3.8) is 0 Å². The summed E-state index contributed by atoms with van der Waals surface area (Å²) >= 11 is 0. The molecule has 198 valence electrons. The summed E-state index contributed by atoms with van der Waals surface area (Å²) in [7, 11) is 0. The second-order valence-electron chi connectivity index (χ2n) is 9.59. The summed E-state index contributed by atoms with van der Waals surface area (Å²) in [6.07, 6.45) is 14.4. The van der Waals surface area contributed by atoms with E-state index in [-0.39, 0.29) is 13.0 Å². The highest BCUT2D eigenvalue weighted by Crippen LogP contribution is 2.14.